The quantitative estimate of drug-likeness (QED) is 0.528. The van der Waals surface area contributed by atoms with E-state index in [-0.39, 0.29) is 18.1 Å². The molecule has 1 heterocycles. The number of fused-ring (bicyclic) bond motifs is 1. The lowest BCUT2D eigenvalue weighted by Crippen LogP contribution is -2.58. The van der Waals surface area contributed by atoms with Crippen molar-refractivity contribution < 1.29 is 43.2 Å². The second kappa shape index (κ2) is 9.86. The Hall–Kier alpha value is -3.33. The van der Waals surface area contributed by atoms with Gasteiger partial charge in [-0.05, 0) is 22.9 Å². The van der Waals surface area contributed by atoms with Gasteiger partial charge in [0.2, 0.25) is 6.29 Å². The Kier molecular flexibility index (Phi) is 7.19. The Morgan fingerprint density at radius 1 is 0.938 bits per heavy atom. The first-order valence-corrected chi connectivity index (χ1v) is 10.2. The van der Waals surface area contributed by atoms with Crippen LogP contribution in [0.1, 0.15) is 27.7 Å². The van der Waals surface area contributed by atoms with E-state index in [1.165, 1.54) is 20.8 Å². The number of hydrogen-bond donors (Lipinski definition) is 1. The van der Waals surface area contributed by atoms with E-state index in [1.807, 2.05) is 24.3 Å². The lowest BCUT2D eigenvalue weighted by molar-refractivity contribution is -0.271. The molecule has 172 valence electrons. The maximum Gasteiger partial charge on any atom is 0.303 e. The fourth-order valence-corrected chi connectivity index (χ4v) is 3.69. The molecular weight excluding hydrogens is 420 g/mol. The Bertz CT molecular complexity index is 1000. The van der Waals surface area contributed by atoms with Crippen LogP contribution in [0.2, 0.25) is 0 Å². The molecule has 5 unspecified atom stereocenters. The second-order valence-corrected chi connectivity index (χ2v) is 7.64. The average Bonchev–Trinajstić information content (AvgIpc) is 2.71. The molecule has 0 radical (unpaired) electrons. The first-order chi connectivity index (χ1) is 15.2. The van der Waals surface area contributed by atoms with Crippen LogP contribution in [0.25, 0.3) is 10.8 Å². The molecule has 1 saturated heterocycles. The molecule has 0 amide bonds. The highest BCUT2D eigenvalue weighted by atomic mass is 16.7. The van der Waals surface area contributed by atoms with Crippen molar-refractivity contribution in [3.8, 4) is 11.5 Å². The van der Waals surface area contributed by atoms with Crippen molar-refractivity contribution in [2.24, 2.45) is 5.92 Å². The number of rotatable bonds is 6. The van der Waals surface area contributed by atoms with Crippen LogP contribution in [0.3, 0.4) is 0 Å². The van der Waals surface area contributed by atoms with Crippen LogP contribution in [-0.2, 0) is 33.3 Å². The summed E-state index contributed by atoms with van der Waals surface area (Å²) in [5.74, 6) is -2.25. The van der Waals surface area contributed by atoms with Crippen LogP contribution in [-0.4, -0.2) is 54.2 Å². The first kappa shape index (κ1) is 23.3. The lowest BCUT2D eigenvalue weighted by Gasteiger charge is -2.43. The fraction of sp³-hybridized carbons (Fsp3) is 0.435. The number of aromatic hydroxyl groups is 1. The number of hydrogen-bond acceptors (Lipinski definition) is 9. The van der Waals surface area contributed by atoms with E-state index in [4.69, 9.17) is 23.7 Å². The van der Waals surface area contributed by atoms with Crippen molar-refractivity contribution in [1.29, 1.82) is 0 Å². The van der Waals surface area contributed by atoms with Gasteiger partial charge in [0.15, 0.2) is 17.6 Å². The molecule has 32 heavy (non-hydrogen) atoms. The normalized spacial score (nSPS) is 25.1. The summed E-state index contributed by atoms with van der Waals surface area (Å²) in [7, 11) is 0. The largest absolute Gasteiger partial charge is 0.504 e. The molecule has 0 saturated carbocycles. The third-order valence-electron chi connectivity index (χ3n) is 5.11. The molecule has 0 spiro atoms. The molecule has 0 aliphatic carbocycles. The monoisotopic (exact) mass is 446 g/mol. The molecule has 1 aliphatic rings. The Morgan fingerprint density at radius 2 is 1.53 bits per heavy atom. The van der Waals surface area contributed by atoms with Gasteiger partial charge in [0, 0.05) is 26.7 Å². The Morgan fingerprint density at radius 3 is 2.12 bits per heavy atom. The van der Waals surface area contributed by atoms with E-state index < -0.39 is 48.4 Å². The second-order valence-electron chi connectivity index (χ2n) is 7.64. The van der Waals surface area contributed by atoms with Gasteiger partial charge >= 0.3 is 17.9 Å². The van der Waals surface area contributed by atoms with Crippen molar-refractivity contribution in [1.82, 2.24) is 0 Å². The van der Waals surface area contributed by atoms with E-state index in [0.717, 1.165) is 10.8 Å². The summed E-state index contributed by atoms with van der Waals surface area (Å²) in [5.41, 5.74) is 0. The summed E-state index contributed by atoms with van der Waals surface area (Å²) in [4.78, 5) is 34.7. The van der Waals surface area contributed by atoms with Crippen molar-refractivity contribution in [3.05, 3.63) is 36.4 Å². The lowest BCUT2D eigenvalue weighted by atomic mass is 9.90. The molecule has 0 aromatic heterocycles. The number of ether oxygens (including phenoxy) is 5. The van der Waals surface area contributed by atoms with Gasteiger partial charge in [-0.3, -0.25) is 14.4 Å². The highest BCUT2D eigenvalue weighted by Gasteiger charge is 2.49. The standard InChI is InChI=1S/C23H26O9/c1-12-21(29-14(3)25)20(11-28-13(2)24)32-23(22(12)30-15(4)26)31-19-10-17-8-6-5-7-16(17)9-18(19)27/h5-10,12,20-23,27H,11H2,1-4H3. The number of phenolic OH excluding ortho intramolecular Hbond substituents is 1. The number of esters is 3. The predicted octanol–water partition coefficient (Wildman–Crippen LogP) is 2.71. The van der Waals surface area contributed by atoms with E-state index in [2.05, 4.69) is 0 Å². The van der Waals surface area contributed by atoms with Crippen LogP contribution < -0.4 is 4.74 Å². The van der Waals surface area contributed by atoms with Gasteiger partial charge in [-0.1, -0.05) is 31.2 Å². The molecule has 3 rings (SSSR count). The minimum Gasteiger partial charge on any atom is -0.504 e. The Balaban J connectivity index is 1.93. The third-order valence-corrected chi connectivity index (χ3v) is 5.11. The maximum absolute atomic E-state index is 11.8. The van der Waals surface area contributed by atoms with Gasteiger partial charge in [0.25, 0.3) is 0 Å². The van der Waals surface area contributed by atoms with Crippen LogP contribution >= 0.6 is 0 Å². The summed E-state index contributed by atoms with van der Waals surface area (Å²) in [6, 6.07) is 10.6. The van der Waals surface area contributed by atoms with Gasteiger partial charge in [0.1, 0.15) is 18.8 Å². The Labute approximate surface area is 185 Å². The smallest absolute Gasteiger partial charge is 0.303 e. The molecule has 1 aliphatic heterocycles. The van der Waals surface area contributed by atoms with Gasteiger partial charge in [-0.2, -0.15) is 0 Å². The minimum absolute atomic E-state index is 0.121. The molecule has 9 nitrogen and oxygen atoms in total. The van der Waals surface area contributed by atoms with Gasteiger partial charge < -0.3 is 28.8 Å². The van der Waals surface area contributed by atoms with E-state index in [1.54, 1.807) is 19.1 Å². The molecule has 2 aromatic rings. The summed E-state index contributed by atoms with van der Waals surface area (Å²) in [5, 5.41) is 12.1. The summed E-state index contributed by atoms with van der Waals surface area (Å²) >= 11 is 0. The average molecular weight is 446 g/mol. The zero-order chi connectivity index (χ0) is 23.4. The van der Waals surface area contributed by atoms with Gasteiger partial charge in [0.05, 0.1) is 0 Å². The zero-order valence-corrected chi connectivity index (χ0v) is 18.3. The van der Waals surface area contributed by atoms with E-state index in [0.29, 0.717) is 0 Å². The summed E-state index contributed by atoms with van der Waals surface area (Å²) < 4.78 is 27.8. The van der Waals surface area contributed by atoms with Crippen LogP contribution in [0.5, 0.6) is 11.5 Å². The number of phenols is 1. The number of carbonyl (C=O) groups excluding carboxylic acids is 3. The van der Waals surface area contributed by atoms with Gasteiger partial charge in [-0.15, -0.1) is 0 Å². The molecule has 9 heteroatoms. The van der Waals surface area contributed by atoms with Gasteiger partial charge in [-0.25, -0.2) is 0 Å². The molecule has 5 atom stereocenters. The molecule has 2 aromatic carbocycles. The third kappa shape index (κ3) is 5.47. The van der Waals surface area contributed by atoms with Crippen molar-refractivity contribution >= 4 is 28.7 Å². The van der Waals surface area contributed by atoms with Crippen LogP contribution in [0.4, 0.5) is 0 Å². The highest BCUT2D eigenvalue weighted by molar-refractivity contribution is 5.85. The van der Waals surface area contributed by atoms with Crippen LogP contribution in [0, 0.1) is 5.92 Å². The van der Waals surface area contributed by atoms with Crippen molar-refractivity contribution in [2.75, 3.05) is 6.61 Å². The van der Waals surface area contributed by atoms with Crippen molar-refractivity contribution in [3.63, 3.8) is 0 Å². The topological polar surface area (TPSA) is 118 Å². The predicted molar refractivity (Wildman–Crippen MR) is 112 cm³/mol. The molecular formula is C23H26O9. The summed E-state index contributed by atoms with van der Waals surface area (Å²) in [6.07, 6.45) is -3.86. The fourth-order valence-electron chi connectivity index (χ4n) is 3.69. The highest BCUT2D eigenvalue weighted by Crippen LogP contribution is 2.37. The molecule has 0 bridgehead atoms. The van der Waals surface area contributed by atoms with E-state index >= 15 is 0 Å². The number of carbonyl (C=O) groups is 3. The zero-order valence-electron chi connectivity index (χ0n) is 18.3. The minimum atomic E-state index is -1.16. The van der Waals surface area contributed by atoms with Crippen molar-refractivity contribution in [2.45, 2.75) is 52.3 Å². The van der Waals surface area contributed by atoms with E-state index in [9.17, 15) is 19.5 Å². The molecule has 1 N–H and O–H groups in total. The maximum atomic E-state index is 11.8. The summed E-state index contributed by atoms with van der Waals surface area (Å²) in [6.45, 7) is 5.24. The van der Waals surface area contributed by atoms with Crippen LogP contribution in [0.15, 0.2) is 36.4 Å². The first-order valence-electron chi connectivity index (χ1n) is 10.2. The molecule has 1 fully saturated rings. The SMILES string of the molecule is CC(=O)OCC1OC(Oc2cc3ccccc3cc2O)C(OC(C)=O)C(C)C1OC(C)=O. The number of benzene rings is 2.